The molecule has 9 nitrogen and oxygen atoms in total. The van der Waals surface area contributed by atoms with Crippen LogP contribution >= 0.6 is 0 Å². The summed E-state index contributed by atoms with van der Waals surface area (Å²) in [7, 11) is 3.48. The minimum atomic E-state index is -0.247. The Bertz CT molecular complexity index is 635. The van der Waals surface area contributed by atoms with E-state index in [1.54, 1.807) is 16.7 Å². The number of hydrogen-bond acceptors (Lipinski definition) is 5. The maximum Gasteiger partial charge on any atom is 0.409 e. The third-order valence-electron chi connectivity index (χ3n) is 4.48. The molecule has 0 radical (unpaired) electrons. The van der Waals surface area contributed by atoms with Gasteiger partial charge in [0.25, 0.3) is 0 Å². The minimum Gasteiger partial charge on any atom is -0.481 e. The molecule has 0 bridgehead atoms. The number of aliphatic imine (C=N–C) groups is 1. The number of carbonyl (C=O) groups excluding carboxylic acids is 1. The average Bonchev–Trinajstić information content (AvgIpc) is 2.95. The number of aromatic nitrogens is 2. The molecule has 2 rings (SSSR count). The molecular weight excluding hydrogens is 336 g/mol. The largest absolute Gasteiger partial charge is 0.481 e. The Morgan fingerprint density at radius 2 is 2.08 bits per heavy atom. The third kappa shape index (κ3) is 4.80. The highest BCUT2D eigenvalue weighted by atomic mass is 16.6. The van der Waals surface area contributed by atoms with Crippen LogP contribution in [0.2, 0.25) is 0 Å². The lowest BCUT2D eigenvalue weighted by Crippen LogP contribution is -2.48. The second-order valence-corrected chi connectivity index (χ2v) is 6.22. The van der Waals surface area contributed by atoms with E-state index >= 15 is 0 Å². The number of nitrogens with two attached hydrogens (primary N) is 1. The Labute approximate surface area is 154 Å². The fourth-order valence-corrected chi connectivity index (χ4v) is 3.14. The molecule has 0 aliphatic carbocycles. The zero-order valence-corrected chi connectivity index (χ0v) is 16.1. The standard InChI is InChI=1S/C17H30N6O3/c1-5-14-13(15(25-4)22(3)21-14)11-19-16(18)20-12-7-9-23(10-8-12)17(24)26-6-2/h12H,5-11H2,1-4H3,(H3,18,19,20). The molecule has 1 aromatic rings. The fourth-order valence-electron chi connectivity index (χ4n) is 3.14. The van der Waals surface area contributed by atoms with Crippen LogP contribution in [0.3, 0.4) is 0 Å². The average molecular weight is 366 g/mol. The number of nitrogens with zero attached hydrogens (tertiary/aromatic N) is 4. The van der Waals surface area contributed by atoms with Crippen LogP contribution in [-0.4, -0.2) is 59.6 Å². The molecule has 0 atom stereocenters. The lowest BCUT2D eigenvalue weighted by Gasteiger charge is -2.31. The van der Waals surface area contributed by atoms with Crippen molar-refractivity contribution in [3.8, 4) is 5.88 Å². The van der Waals surface area contributed by atoms with Gasteiger partial charge in [-0.2, -0.15) is 5.10 Å². The highest BCUT2D eigenvalue weighted by Gasteiger charge is 2.23. The summed E-state index contributed by atoms with van der Waals surface area (Å²) in [4.78, 5) is 17.9. The van der Waals surface area contributed by atoms with Gasteiger partial charge in [-0.1, -0.05) is 6.92 Å². The van der Waals surface area contributed by atoms with Gasteiger partial charge in [0.15, 0.2) is 5.96 Å². The predicted octanol–water partition coefficient (Wildman–Crippen LogP) is 1.02. The van der Waals surface area contributed by atoms with Crippen LogP contribution in [0.5, 0.6) is 5.88 Å². The van der Waals surface area contributed by atoms with E-state index in [4.69, 9.17) is 15.2 Å². The Balaban J connectivity index is 1.89. The topological polar surface area (TPSA) is 107 Å². The summed E-state index contributed by atoms with van der Waals surface area (Å²) in [6.07, 6.45) is 2.18. The molecule has 9 heteroatoms. The summed E-state index contributed by atoms with van der Waals surface area (Å²) in [6, 6.07) is 0.200. The van der Waals surface area contributed by atoms with Gasteiger partial charge in [0.1, 0.15) is 0 Å². The summed E-state index contributed by atoms with van der Waals surface area (Å²) in [5.74, 6) is 1.11. The molecule has 0 spiro atoms. The number of guanidine groups is 1. The van der Waals surface area contributed by atoms with Gasteiger partial charge >= 0.3 is 6.09 Å². The maximum atomic E-state index is 11.7. The van der Waals surface area contributed by atoms with Crippen LogP contribution in [0.1, 0.15) is 37.9 Å². The second-order valence-electron chi connectivity index (χ2n) is 6.22. The van der Waals surface area contributed by atoms with Gasteiger partial charge in [0, 0.05) is 26.2 Å². The van der Waals surface area contributed by atoms with Crippen molar-refractivity contribution in [1.82, 2.24) is 20.0 Å². The van der Waals surface area contributed by atoms with E-state index in [1.807, 2.05) is 20.9 Å². The number of rotatable bonds is 6. The zero-order valence-electron chi connectivity index (χ0n) is 16.1. The molecule has 0 aromatic carbocycles. The molecule has 26 heavy (non-hydrogen) atoms. The van der Waals surface area contributed by atoms with Gasteiger partial charge < -0.3 is 25.4 Å². The van der Waals surface area contributed by atoms with Gasteiger partial charge in [-0.3, -0.25) is 0 Å². The van der Waals surface area contributed by atoms with E-state index in [0.717, 1.165) is 30.5 Å². The van der Waals surface area contributed by atoms with Crippen molar-refractivity contribution in [1.29, 1.82) is 0 Å². The summed E-state index contributed by atoms with van der Waals surface area (Å²) in [5, 5.41) is 7.69. The van der Waals surface area contributed by atoms with Crippen molar-refractivity contribution in [2.24, 2.45) is 17.8 Å². The van der Waals surface area contributed by atoms with Crippen molar-refractivity contribution in [3.63, 3.8) is 0 Å². The van der Waals surface area contributed by atoms with E-state index in [2.05, 4.69) is 15.4 Å². The Morgan fingerprint density at radius 1 is 1.38 bits per heavy atom. The first kappa shape index (κ1) is 19.9. The van der Waals surface area contributed by atoms with E-state index in [-0.39, 0.29) is 12.1 Å². The molecule has 1 fully saturated rings. The summed E-state index contributed by atoms with van der Waals surface area (Å²) in [6.45, 7) is 5.98. The highest BCUT2D eigenvalue weighted by molar-refractivity contribution is 5.78. The normalized spacial score (nSPS) is 15.8. The lowest BCUT2D eigenvalue weighted by molar-refractivity contribution is 0.0963. The second kappa shape index (κ2) is 9.30. The number of ether oxygens (including phenoxy) is 2. The Hall–Kier alpha value is -2.45. The SMILES string of the molecule is CCOC(=O)N1CCC(NC(N)=NCc2c(CC)nn(C)c2OC)CC1. The van der Waals surface area contributed by atoms with Crippen molar-refractivity contribution in [2.75, 3.05) is 26.8 Å². The van der Waals surface area contributed by atoms with Crippen molar-refractivity contribution < 1.29 is 14.3 Å². The molecule has 1 aliphatic heterocycles. The minimum absolute atomic E-state index is 0.200. The maximum absolute atomic E-state index is 11.7. The number of amides is 1. The monoisotopic (exact) mass is 366 g/mol. The molecular formula is C17H30N6O3. The quantitative estimate of drug-likeness (QED) is 0.575. The highest BCUT2D eigenvalue weighted by Crippen LogP contribution is 2.22. The number of carbonyl (C=O) groups is 1. The van der Waals surface area contributed by atoms with Gasteiger partial charge in [-0.15, -0.1) is 0 Å². The number of nitrogens with one attached hydrogen (secondary N) is 1. The number of aryl methyl sites for hydroxylation is 2. The van der Waals surface area contributed by atoms with Crippen LogP contribution in [-0.2, 0) is 24.8 Å². The molecule has 1 aromatic heterocycles. The summed E-state index contributed by atoms with van der Waals surface area (Å²) in [5.41, 5.74) is 7.97. The fraction of sp³-hybridized carbons (Fsp3) is 0.706. The third-order valence-corrected chi connectivity index (χ3v) is 4.48. The lowest BCUT2D eigenvalue weighted by atomic mass is 10.1. The van der Waals surface area contributed by atoms with E-state index in [9.17, 15) is 4.79 Å². The Kier molecular flexibility index (Phi) is 7.11. The van der Waals surface area contributed by atoms with Gasteiger partial charge in [0.05, 0.1) is 31.5 Å². The molecule has 146 valence electrons. The predicted molar refractivity (Wildman–Crippen MR) is 99.2 cm³/mol. The van der Waals surface area contributed by atoms with Crippen molar-refractivity contribution in [2.45, 2.75) is 45.7 Å². The summed E-state index contributed by atoms with van der Waals surface area (Å²) < 4.78 is 12.2. The molecule has 3 N–H and O–H groups in total. The molecule has 0 unspecified atom stereocenters. The van der Waals surface area contributed by atoms with Gasteiger partial charge in [-0.25, -0.2) is 14.5 Å². The van der Waals surface area contributed by atoms with Gasteiger partial charge in [0.2, 0.25) is 5.88 Å². The Morgan fingerprint density at radius 3 is 2.65 bits per heavy atom. The van der Waals surface area contributed by atoms with E-state index < -0.39 is 0 Å². The van der Waals surface area contributed by atoms with E-state index in [0.29, 0.717) is 38.1 Å². The zero-order chi connectivity index (χ0) is 19.1. The first-order valence-corrected chi connectivity index (χ1v) is 9.06. The number of hydrogen-bond donors (Lipinski definition) is 2. The number of piperidine rings is 1. The molecule has 2 heterocycles. The van der Waals surface area contributed by atoms with Crippen molar-refractivity contribution >= 4 is 12.1 Å². The molecule has 1 saturated heterocycles. The molecule has 1 aliphatic rings. The van der Waals surface area contributed by atoms with Crippen molar-refractivity contribution in [3.05, 3.63) is 11.3 Å². The summed E-state index contributed by atoms with van der Waals surface area (Å²) >= 11 is 0. The van der Waals surface area contributed by atoms with Crippen LogP contribution in [0.25, 0.3) is 0 Å². The van der Waals surface area contributed by atoms with Crippen LogP contribution < -0.4 is 15.8 Å². The smallest absolute Gasteiger partial charge is 0.409 e. The first-order valence-electron chi connectivity index (χ1n) is 9.06. The number of likely N-dealkylation sites (tertiary alicyclic amines) is 1. The number of methoxy groups -OCH3 is 1. The van der Waals surface area contributed by atoms with E-state index in [1.165, 1.54) is 0 Å². The van der Waals surface area contributed by atoms with Crippen LogP contribution in [0, 0.1) is 0 Å². The van der Waals surface area contributed by atoms with Crippen LogP contribution in [0.15, 0.2) is 4.99 Å². The van der Waals surface area contributed by atoms with Crippen LogP contribution in [0.4, 0.5) is 4.79 Å². The molecule has 0 saturated carbocycles. The van der Waals surface area contributed by atoms with Gasteiger partial charge in [-0.05, 0) is 26.2 Å². The molecule has 1 amide bonds. The first-order chi connectivity index (χ1) is 12.5.